The highest BCUT2D eigenvalue weighted by Crippen LogP contribution is 2.06. The number of carboxylic acid groups (broad SMARTS) is 1. The highest BCUT2D eigenvalue weighted by Gasteiger charge is 2.09. The summed E-state index contributed by atoms with van der Waals surface area (Å²) in [7, 11) is -5.05. The van der Waals surface area contributed by atoms with Crippen molar-refractivity contribution in [3.63, 3.8) is 0 Å². The van der Waals surface area contributed by atoms with Crippen molar-refractivity contribution in [1.29, 1.82) is 0 Å². The van der Waals surface area contributed by atoms with Gasteiger partial charge in [-0.3, -0.25) is 0 Å². The Morgan fingerprint density at radius 2 is 2.38 bits per heavy atom. The van der Waals surface area contributed by atoms with E-state index in [2.05, 4.69) is 4.98 Å². The van der Waals surface area contributed by atoms with E-state index in [0.717, 1.165) is 0 Å². The number of nitrogens with zero attached hydrogens (tertiary/aromatic N) is 1. The van der Waals surface area contributed by atoms with Gasteiger partial charge in [-0.15, -0.1) is 0 Å². The largest absolute Gasteiger partial charge is 0.477 e. The Balaban J connectivity index is 3.76. The summed E-state index contributed by atoms with van der Waals surface area (Å²) >= 11 is 0. The Hall–Kier alpha value is -1.43. The van der Waals surface area contributed by atoms with Crippen molar-refractivity contribution in [2.24, 2.45) is 0 Å². The van der Waals surface area contributed by atoms with E-state index in [0.29, 0.717) is 0 Å². The molecule has 0 amide bonds. The molecule has 0 radical (unpaired) electrons. The van der Waals surface area contributed by atoms with Crippen molar-refractivity contribution in [1.82, 2.24) is 4.98 Å². The van der Waals surface area contributed by atoms with Crippen LogP contribution in [-0.2, 0) is 9.84 Å². The summed E-state index contributed by atoms with van der Waals surface area (Å²) in [6, 6.07) is -2.24. The van der Waals surface area contributed by atoms with Gasteiger partial charge in [0.25, 0.3) is 0 Å². The summed E-state index contributed by atoms with van der Waals surface area (Å²) < 4.78 is 65.8. The maximum Gasteiger partial charge on any atom is 0.354 e. The van der Waals surface area contributed by atoms with E-state index in [4.69, 9.17) is 13.3 Å². The zero-order valence-electron chi connectivity index (χ0n) is 12.0. The maximum absolute atomic E-state index is 11.7. The van der Waals surface area contributed by atoms with Crippen LogP contribution >= 0.6 is 0 Å². The topological polar surface area (TPSA) is 84.3 Å². The second-order valence-electron chi connectivity index (χ2n) is 1.96. The fourth-order valence-corrected chi connectivity index (χ4v) is 0.858. The third-order valence-corrected chi connectivity index (χ3v) is 1.77. The summed E-state index contributed by atoms with van der Waals surface area (Å²) in [6.45, 7) is 0. The molecule has 0 saturated heterocycles. The van der Waals surface area contributed by atoms with E-state index < -0.39 is 50.8 Å². The molecule has 1 aromatic rings. The first-order valence-electron chi connectivity index (χ1n) is 5.87. The number of rotatable bonds is 2. The third-order valence-electron chi connectivity index (χ3n) is 1.03. The normalized spacial score (nSPS) is 18.8. The van der Waals surface area contributed by atoms with E-state index in [-0.39, 0.29) is 0 Å². The Labute approximate surface area is 83.4 Å². The molecular weight excluding hydrogens is 194 g/mol. The summed E-state index contributed by atoms with van der Waals surface area (Å²) in [5, 5.41) is 8.66. The average molecular weight is 207 g/mol. The molecule has 0 unspecified atom stereocenters. The summed E-state index contributed by atoms with van der Waals surface area (Å²) in [4.78, 5) is 12.4. The van der Waals surface area contributed by atoms with Crippen molar-refractivity contribution in [2.75, 3.05) is 6.18 Å². The zero-order chi connectivity index (χ0) is 15.2. The van der Waals surface area contributed by atoms with Crippen molar-refractivity contribution in [2.45, 2.75) is 4.90 Å². The number of pyridine rings is 1. The van der Waals surface area contributed by atoms with Crippen LogP contribution < -0.4 is 0 Å². The first-order valence-corrected chi connectivity index (χ1v) is 4.35. The molecule has 1 aromatic heterocycles. The fraction of sp³-hybridized carbons (Fsp3) is 0.143. The molecule has 6 heteroatoms. The lowest BCUT2D eigenvalue weighted by atomic mass is 10.4. The van der Waals surface area contributed by atoms with Crippen LogP contribution in [0.2, 0.25) is 0 Å². The van der Waals surface area contributed by atoms with Crippen LogP contribution in [0.15, 0.2) is 23.2 Å². The second kappa shape index (κ2) is 3.14. The minimum absolute atomic E-state index is 0.987. The van der Waals surface area contributed by atoms with Gasteiger partial charge < -0.3 is 5.11 Å². The molecule has 0 aliphatic heterocycles. The van der Waals surface area contributed by atoms with Crippen LogP contribution in [0.5, 0.6) is 0 Å². The standard InChI is InChI=1S/C7H7NO4S/c1-13(11,12)5-2-3-6(7(9)10)8-4-5/h2-4H,1H3,(H,9,10)/i1D3,2D,3D,4D. The van der Waals surface area contributed by atoms with Crippen LogP contribution in [0.3, 0.4) is 0 Å². The highest BCUT2D eigenvalue weighted by atomic mass is 32.2. The molecule has 0 atom stereocenters. The molecule has 1 rings (SSSR count). The highest BCUT2D eigenvalue weighted by molar-refractivity contribution is 7.90. The molecule has 0 bridgehead atoms. The minimum atomic E-state index is -5.05. The Morgan fingerprint density at radius 1 is 1.69 bits per heavy atom. The molecule has 0 fully saturated rings. The molecule has 5 nitrogen and oxygen atoms in total. The summed E-state index contributed by atoms with van der Waals surface area (Å²) in [5.74, 6) is -1.72. The lowest BCUT2D eigenvalue weighted by molar-refractivity contribution is 0.0690. The predicted molar refractivity (Wildman–Crippen MR) is 44.3 cm³/mol. The van der Waals surface area contributed by atoms with Gasteiger partial charge in [-0.05, 0) is 12.1 Å². The average Bonchev–Trinajstić information content (AvgIpc) is 2.21. The van der Waals surface area contributed by atoms with Gasteiger partial charge >= 0.3 is 5.97 Å². The van der Waals surface area contributed by atoms with E-state index in [1.807, 2.05) is 0 Å². The summed E-state index contributed by atoms with van der Waals surface area (Å²) in [5.41, 5.74) is -0.987. The molecular formula is C7H7NO4S. The van der Waals surface area contributed by atoms with E-state index in [1.54, 1.807) is 0 Å². The molecule has 70 valence electrons. The second-order valence-corrected chi connectivity index (χ2v) is 3.38. The number of carboxylic acids is 1. The number of carbonyl (C=O) groups is 1. The quantitative estimate of drug-likeness (QED) is 0.748. The van der Waals surface area contributed by atoms with Crippen LogP contribution in [-0.4, -0.2) is 30.7 Å². The lowest BCUT2D eigenvalue weighted by Gasteiger charge is -1.97. The van der Waals surface area contributed by atoms with Gasteiger partial charge in [0.2, 0.25) is 0 Å². The molecule has 0 spiro atoms. The SMILES string of the molecule is [2H]c1nc(C(=O)O)c([2H])c([2H])c1S(=O)(=O)C([2H])([2H])[2H]. The smallest absolute Gasteiger partial charge is 0.354 e. The first-order chi connectivity index (χ1) is 8.41. The van der Waals surface area contributed by atoms with E-state index >= 15 is 0 Å². The Morgan fingerprint density at radius 3 is 2.92 bits per heavy atom. The van der Waals surface area contributed by atoms with E-state index in [1.165, 1.54) is 0 Å². The molecule has 1 N–H and O–H groups in total. The molecule has 13 heavy (non-hydrogen) atoms. The lowest BCUT2D eigenvalue weighted by Crippen LogP contribution is -2.03. The number of aromatic nitrogens is 1. The minimum Gasteiger partial charge on any atom is -0.477 e. The van der Waals surface area contributed by atoms with Crippen molar-refractivity contribution >= 4 is 15.8 Å². The van der Waals surface area contributed by atoms with Gasteiger partial charge in [-0.2, -0.15) is 0 Å². The molecule has 0 aliphatic rings. The third kappa shape index (κ3) is 2.25. The first kappa shape index (κ1) is 4.19. The van der Waals surface area contributed by atoms with Gasteiger partial charge in [0.1, 0.15) is 5.69 Å². The van der Waals surface area contributed by atoms with E-state index in [9.17, 15) is 13.2 Å². The van der Waals surface area contributed by atoms with Crippen molar-refractivity contribution in [3.8, 4) is 0 Å². The number of aromatic carboxylic acids is 1. The van der Waals surface area contributed by atoms with Crippen LogP contribution in [0.25, 0.3) is 0 Å². The van der Waals surface area contributed by atoms with Crippen LogP contribution in [0.4, 0.5) is 0 Å². The molecule has 0 saturated carbocycles. The number of hydrogen-bond donors (Lipinski definition) is 1. The Bertz CT molecular complexity index is 653. The van der Waals surface area contributed by atoms with Gasteiger partial charge in [0, 0.05) is 16.5 Å². The Kier molecular flexibility index (Phi) is 1.01. The number of sulfone groups is 1. The van der Waals surface area contributed by atoms with Gasteiger partial charge in [0.05, 0.1) is 9.01 Å². The monoisotopic (exact) mass is 207 g/mol. The van der Waals surface area contributed by atoms with Gasteiger partial charge in [-0.1, -0.05) is 0 Å². The molecule has 1 heterocycles. The van der Waals surface area contributed by atoms with Crippen molar-refractivity contribution < 1.29 is 26.5 Å². The molecule has 0 aromatic carbocycles. The van der Waals surface area contributed by atoms with Crippen LogP contribution in [0, 0.1) is 0 Å². The van der Waals surface area contributed by atoms with Crippen molar-refractivity contribution in [3.05, 3.63) is 24.0 Å². The maximum atomic E-state index is 11.7. The fourth-order valence-electron chi connectivity index (χ4n) is 0.507. The number of hydrogen-bond acceptors (Lipinski definition) is 4. The van der Waals surface area contributed by atoms with Gasteiger partial charge in [0.15, 0.2) is 9.84 Å². The molecule has 0 aliphatic carbocycles. The summed E-state index contributed by atoms with van der Waals surface area (Å²) in [6.07, 6.45) is -4.72. The van der Waals surface area contributed by atoms with Gasteiger partial charge in [-0.25, -0.2) is 18.2 Å². The predicted octanol–water partition coefficient (Wildman–Crippen LogP) is 0.183. The zero-order valence-corrected chi connectivity index (χ0v) is 6.84. The van der Waals surface area contributed by atoms with Crippen LogP contribution in [0.1, 0.15) is 18.7 Å².